The van der Waals surface area contributed by atoms with Crippen molar-refractivity contribution in [3.05, 3.63) is 6.07 Å². The summed E-state index contributed by atoms with van der Waals surface area (Å²) in [7, 11) is 3.17. The van der Waals surface area contributed by atoms with Crippen LogP contribution in [0, 0.1) is 0 Å². The molecule has 1 rings (SSSR count). The quantitative estimate of drug-likeness (QED) is 0.596. The first kappa shape index (κ1) is 11.6. The number of hydrogen-bond donors (Lipinski definition) is 1. The number of hydrogen-bond acceptors (Lipinski definition) is 6. The van der Waals surface area contributed by atoms with Gasteiger partial charge in [0.15, 0.2) is 5.16 Å². The van der Waals surface area contributed by atoms with Crippen molar-refractivity contribution in [1.29, 1.82) is 0 Å². The Morgan fingerprint density at radius 3 is 2.73 bits per heavy atom. The van der Waals surface area contributed by atoms with Crippen LogP contribution in [0.4, 0.5) is 10.6 Å². The summed E-state index contributed by atoms with van der Waals surface area (Å²) < 4.78 is 4.94. The predicted molar refractivity (Wildman–Crippen MR) is 57.9 cm³/mol. The number of thioether (sulfide) groups is 1. The van der Waals surface area contributed by atoms with Gasteiger partial charge in [-0.2, -0.15) is 4.98 Å². The van der Waals surface area contributed by atoms with Crippen LogP contribution in [0.3, 0.4) is 0 Å². The molecule has 0 aliphatic heterocycles. The minimum atomic E-state index is -0.500. The second kappa shape index (κ2) is 4.83. The van der Waals surface area contributed by atoms with E-state index in [1.807, 2.05) is 6.26 Å². The molecule has 0 saturated heterocycles. The van der Waals surface area contributed by atoms with Gasteiger partial charge in [0.25, 0.3) is 0 Å². The van der Waals surface area contributed by atoms with Gasteiger partial charge in [0, 0.05) is 20.2 Å². The fourth-order valence-electron chi connectivity index (χ4n) is 0.745. The van der Waals surface area contributed by atoms with E-state index in [1.54, 1.807) is 14.1 Å². The first-order chi connectivity index (χ1) is 7.02. The molecule has 7 heteroatoms. The molecule has 0 unspecified atom stereocenters. The van der Waals surface area contributed by atoms with Crippen molar-refractivity contribution in [3.63, 3.8) is 0 Å². The SMILES string of the molecule is CSc1nc(N)cc(OC(=O)N(C)C)n1. The maximum Gasteiger partial charge on any atom is 0.416 e. The van der Waals surface area contributed by atoms with Gasteiger partial charge in [0.05, 0.1) is 0 Å². The highest BCUT2D eigenvalue weighted by Gasteiger charge is 2.09. The first-order valence-electron chi connectivity index (χ1n) is 4.10. The summed E-state index contributed by atoms with van der Waals surface area (Å²) in [5.41, 5.74) is 5.52. The maximum absolute atomic E-state index is 11.2. The Hall–Kier alpha value is -1.50. The molecule has 0 fully saturated rings. The van der Waals surface area contributed by atoms with E-state index in [0.717, 1.165) is 0 Å². The Balaban J connectivity index is 2.85. The molecule has 0 bridgehead atoms. The molecule has 1 amide bonds. The van der Waals surface area contributed by atoms with Crippen LogP contribution < -0.4 is 10.5 Å². The highest BCUT2D eigenvalue weighted by Crippen LogP contribution is 2.17. The number of aromatic nitrogens is 2. The molecule has 0 aliphatic rings. The average Bonchev–Trinajstić information content (AvgIpc) is 2.16. The van der Waals surface area contributed by atoms with Crippen molar-refractivity contribution in [1.82, 2.24) is 14.9 Å². The van der Waals surface area contributed by atoms with Crippen LogP contribution in [0.5, 0.6) is 5.88 Å². The van der Waals surface area contributed by atoms with Gasteiger partial charge in [-0.3, -0.25) is 0 Å². The zero-order valence-corrected chi connectivity index (χ0v) is 9.54. The Bertz CT molecular complexity index is 370. The third-order valence-corrected chi connectivity index (χ3v) is 1.99. The number of amides is 1. The van der Waals surface area contributed by atoms with Crippen LogP contribution in [0.2, 0.25) is 0 Å². The lowest BCUT2D eigenvalue weighted by molar-refractivity contribution is 0.169. The van der Waals surface area contributed by atoms with Crippen LogP contribution in [0.1, 0.15) is 0 Å². The molecular formula is C8H12N4O2S. The number of rotatable bonds is 2. The van der Waals surface area contributed by atoms with E-state index in [1.165, 1.54) is 22.7 Å². The van der Waals surface area contributed by atoms with Gasteiger partial charge in [0.1, 0.15) is 5.82 Å². The molecule has 0 saturated carbocycles. The topological polar surface area (TPSA) is 81.3 Å². The van der Waals surface area contributed by atoms with E-state index in [-0.39, 0.29) is 11.7 Å². The van der Waals surface area contributed by atoms with Crippen LogP contribution in [-0.2, 0) is 0 Å². The summed E-state index contributed by atoms with van der Waals surface area (Å²) in [5, 5.41) is 0.469. The molecule has 15 heavy (non-hydrogen) atoms. The summed E-state index contributed by atoms with van der Waals surface area (Å²) >= 11 is 1.33. The number of nitrogens with two attached hydrogens (primary N) is 1. The van der Waals surface area contributed by atoms with Gasteiger partial charge in [-0.05, 0) is 6.26 Å². The van der Waals surface area contributed by atoms with Crippen LogP contribution in [0.25, 0.3) is 0 Å². The average molecular weight is 228 g/mol. The van der Waals surface area contributed by atoms with Gasteiger partial charge in [-0.15, -0.1) is 0 Å². The zero-order valence-electron chi connectivity index (χ0n) is 8.72. The molecule has 0 aliphatic carbocycles. The Kier molecular flexibility index (Phi) is 3.73. The molecule has 1 aromatic rings. The Morgan fingerprint density at radius 1 is 1.53 bits per heavy atom. The summed E-state index contributed by atoms with van der Waals surface area (Å²) in [5.74, 6) is 0.432. The second-order valence-corrected chi connectivity index (χ2v) is 3.65. The van der Waals surface area contributed by atoms with Gasteiger partial charge in [-0.1, -0.05) is 11.8 Å². The molecule has 0 atom stereocenters. The molecule has 6 nitrogen and oxygen atoms in total. The Labute approximate surface area is 91.8 Å². The minimum Gasteiger partial charge on any atom is -0.391 e. The van der Waals surface area contributed by atoms with Gasteiger partial charge >= 0.3 is 6.09 Å². The van der Waals surface area contributed by atoms with Gasteiger partial charge in [-0.25, -0.2) is 9.78 Å². The third-order valence-electron chi connectivity index (χ3n) is 1.44. The summed E-state index contributed by atoms with van der Waals surface area (Å²) in [6.45, 7) is 0. The Morgan fingerprint density at radius 2 is 2.20 bits per heavy atom. The minimum absolute atomic E-state index is 0.158. The van der Waals surface area contributed by atoms with Gasteiger partial charge in [0.2, 0.25) is 5.88 Å². The molecule has 0 radical (unpaired) electrons. The highest BCUT2D eigenvalue weighted by atomic mass is 32.2. The largest absolute Gasteiger partial charge is 0.416 e. The van der Waals surface area contributed by atoms with E-state index in [9.17, 15) is 4.79 Å². The molecule has 0 spiro atoms. The van der Waals surface area contributed by atoms with Crippen molar-refractivity contribution in [2.75, 3.05) is 26.1 Å². The number of nitrogen functional groups attached to an aromatic ring is 1. The van der Waals surface area contributed by atoms with Crippen LogP contribution >= 0.6 is 11.8 Å². The van der Waals surface area contributed by atoms with E-state index >= 15 is 0 Å². The van der Waals surface area contributed by atoms with E-state index in [0.29, 0.717) is 5.16 Å². The van der Waals surface area contributed by atoms with Crippen LogP contribution in [-0.4, -0.2) is 41.3 Å². The number of carbonyl (C=O) groups is 1. The fraction of sp³-hybridized carbons (Fsp3) is 0.375. The zero-order chi connectivity index (χ0) is 11.4. The summed E-state index contributed by atoms with van der Waals surface area (Å²) in [6, 6.07) is 1.40. The number of anilines is 1. The lowest BCUT2D eigenvalue weighted by Crippen LogP contribution is -2.25. The molecule has 2 N–H and O–H groups in total. The molecule has 82 valence electrons. The van der Waals surface area contributed by atoms with E-state index in [2.05, 4.69) is 9.97 Å². The molecule has 0 aromatic carbocycles. The predicted octanol–water partition coefficient (Wildman–Crippen LogP) is 0.841. The first-order valence-corrected chi connectivity index (χ1v) is 5.33. The van der Waals surface area contributed by atoms with Crippen molar-refractivity contribution in [3.8, 4) is 5.88 Å². The normalized spacial score (nSPS) is 9.80. The van der Waals surface area contributed by atoms with E-state index < -0.39 is 6.09 Å². The monoisotopic (exact) mass is 228 g/mol. The standard InChI is InChI=1S/C8H12N4O2S/c1-12(2)8(13)14-6-4-5(9)10-7(11-6)15-3/h4H,1-3H3,(H2,9,10,11). The highest BCUT2D eigenvalue weighted by molar-refractivity contribution is 7.98. The van der Waals surface area contributed by atoms with Crippen molar-refractivity contribution >= 4 is 23.7 Å². The number of ether oxygens (including phenoxy) is 1. The summed E-state index contributed by atoms with van der Waals surface area (Å²) in [6.07, 6.45) is 1.31. The summed E-state index contributed by atoms with van der Waals surface area (Å²) in [4.78, 5) is 20.4. The maximum atomic E-state index is 11.2. The van der Waals surface area contributed by atoms with Gasteiger partial charge < -0.3 is 15.4 Å². The van der Waals surface area contributed by atoms with Crippen molar-refractivity contribution < 1.29 is 9.53 Å². The third kappa shape index (κ3) is 3.28. The smallest absolute Gasteiger partial charge is 0.391 e. The van der Waals surface area contributed by atoms with Crippen LogP contribution in [0.15, 0.2) is 11.2 Å². The number of nitrogens with zero attached hydrogens (tertiary/aromatic N) is 3. The van der Waals surface area contributed by atoms with Crippen molar-refractivity contribution in [2.24, 2.45) is 0 Å². The molecule has 1 heterocycles. The lowest BCUT2D eigenvalue weighted by Gasteiger charge is -2.10. The lowest BCUT2D eigenvalue weighted by atomic mass is 10.6. The van der Waals surface area contributed by atoms with Crippen molar-refractivity contribution in [2.45, 2.75) is 5.16 Å². The number of carbonyl (C=O) groups excluding carboxylic acids is 1. The fourth-order valence-corrected chi connectivity index (χ4v) is 1.12. The second-order valence-electron chi connectivity index (χ2n) is 2.88. The van der Waals surface area contributed by atoms with E-state index in [4.69, 9.17) is 10.5 Å². The molecular weight excluding hydrogens is 216 g/mol. The molecule has 1 aromatic heterocycles.